The molecule has 0 saturated carbocycles. The highest BCUT2D eigenvalue weighted by molar-refractivity contribution is 5.57. The Hall–Kier alpha value is -2.44. The predicted octanol–water partition coefficient (Wildman–Crippen LogP) is 1.97. The van der Waals surface area contributed by atoms with E-state index in [1.165, 1.54) is 0 Å². The molecule has 0 fully saturated rings. The SMILES string of the molecule is CCc1nc2nnc(-c3ccnc(C(C)C)n3)c(C)n2n1. The van der Waals surface area contributed by atoms with Crippen molar-refractivity contribution in [1.29, 1.82) is 0 Å². The van der Waals surface area contributed by atoms with Gasteiger partial charge < -0.3 is 0 Å². The Balaban J connectivity index is 2.16. The lowest BCUT2D eigenvalue weighted by molar-refractivity contribution is 0.771. The summed E-state index contributed by atoms with van der Waals surface area (Å²) in [5.41, 5.74) is 2.34. The minimum Gasteiger partial charge on any atom is -0.241 e. The maximum absolute atomic E-state index is 4.56. The number of nitrogens with zero attached hydrogens (tertiary/aromatic N) is 7. The standard InChI is InChI=1S/C14H17N7/c1-5-11-17-14-19-18-12(9(4)21(14)20-11)10-6-7-15-13(16-10)8(2)3/h6-8H,5H2,1-4H3. The Labute approximate surface area is 122 Å². The molecule has 0 saturated heterocycles. The molecule has 3 heterocycles. The Morgan fingerprint density at radius 1 is 1.19 bits per heavy atom. The first-order valence-electron chi connectivity index (χ1n) is 7.02. The normalized spacial score (nSPS) is 11.5. The number of rotatable bonds is 3. The van der Waals surface area contributed by atoms with Gasteiger partial charge in [0.25, 0.3) is 5.78 Å². The Kier molecular flexibility index (Phi) is 3.32. The third-order valence-electron chi connectivity index (χ3n) is 3.28. The zero-order chi connectivity index (χ0) is 15.0. The van der Waals surface area contributed by atoms with Gasteiger partial charge in [0.15, 0.2) is 5.82 Å². The van der Waals surface area contributed by atoms with Gasteiger partial charge in [0.2, 0.25) is 0 Å². The zero-order valence-electron chi connectivity index (χ0n) is 12.6. The van der Waals surface area contributed by atoms with Crippen molar-refractivity contribution in [3.8, 4) is 11.4 Å². The van der Waals surface area contributed by atoms with E-state index >= 15 is 0 Å². The van der Waals surface area contributed by atoms with Crippen LogP contribution in [0.15, 0.2) is 12.3 Å². The van der Waals surface area contributed by atoms with Crippen molar-refractivity contribution < 1.29 is 0 Å². The fourth-order valence-electron chi connectivity index (χ4n) is 2.07. The third kappa shape index (κ3) is 2.35. The van der Waals surface area contributed by atoms with Gasteiger partial charge in [0.1, 0.15) is 11.5 Å². The fraction of sp³-hybridized carbons (Fsp3) is 0.429. The van der Waals surface area contributed by atoms with Gasteiger partial charge in [-0.15, -0.1) is 15.3 Å². The summed E-state index contributed by atoms with van der Waals surface area (Å²) >= 11 is 0. The fourth-order valence-corrected chi connectivity index (χ4v) is 2.07. The second-order valence-corrected chi connectivity index (χ2v) is 5.18. The Bertz CT molecular complexity index is 791. The van der Waals surface area contributed by atoms with E-state index in [0.717, 1.165) is 29.5 Å². The van der Waals surface area contributed by atoms with Crippen LogP contribution in [-0.4, -0.2) is 34.8 Å². The summed E-state index contributed by atoms with van der Waals surface area (Å²) in [4.78, 5) is 13.2. The van der Waals surface area contributed by atoms with Crippen molar-refractivity contribution in [2.45, 2.75) is 40.0 Å². The van der Waals surface area contributed by atoms with E-state index in [1.54, 1.807) is 10.7 Å². The lowest BCUT2D eigenvalue weighted by Gasteiger charge is -2.07. The van der Waals surface area contributed by atoms with Gasteiger partial charge in [-0.25, -0.2) is 9.97 Å². The van der Waals surface area contributed by atoms with E-state index < -0.39 is 0 Å². The number of hydrogen-bond donors (Lipinski definition) is 0. The van der Waals surface area contributed by atoms with Gasteiger partial charge in [-0.05, 0) is 13.0 Å². The van der Waals surface area contributed by atoms with Crippen molar-refractivity contribution in [2.75, 3.05) is 0 Å². The average molecular weight is 283 g/mol. The van der Waals surface area contributed by atoms with Crippen molar-refractivity contribution in [3.05, 3.63) is 29.6 Å². The zero-order valence-corrected chi connectivity index (χ0v) is 12.6. The molecular weight excluding hydrogens is 266 g/mol. The van der Waals surface area contributed by atoms with E-state index in [1.807, 2.05) is 19.9 Å². The van der Waals surface area contributed by atoms with Crippen molar-refractivity contribution in [2.24, 2.45) is 0 Å². The molecule has 21 heavy (non-hydrogen) atoms. The second-order valence-electron chi connectivity index (χ2n) is 5.18. The summed E-state index contributed by atoms with van der Waals surface area (Å²) in [7, 11) is 0. The van der Waals surface area contributed by atoms with Crippen molar-refractivity contribution in [3.63, 3.8) is 0 Å². The summed E-state index contributed by atoms with van der Waals surface area (Å²) < 4.78 is 1.72. The molecular formula is C14H17N7. The van der Waals surface area contributed by atoms with Crippen LogP contribution in [0.1, 0.15) is 44.0 Å². The first-order valence-corrected chi connectivity index (χ1v) is 7.02. The molecule has 7 heteroatoms. The third-order valence-corrected chi connectivity index (χ3v) is 3.28. The van der Waals surface area contributed by atoms with Crippen LogP contribution in [0.3, 0.4) is 0 Å². The topological polar surface area (TPSA) is 81.8 Å². The lowest BCUT2D eigenvalue weighted by atomic mass is 10.2. The number of aryl methyl sites for hydroxylation is 2. The van der Waals surface area contributed by atoms with Crippen LogP contribution in [0.4, 0.5) is 0 Å². The first kappa shape index (κ1) is 13.5. The van der Waals surface area contributed by atoms with Crippen LogP contribution in [0.25, 0.3) is 17.2 Å². The Morgan fingerprint density at radius 2 is 2.00 bits per heavy atom. The molecule has 3 aromatic heterocycles. The molecule has 0 bridgehead atoms. The van der Waals surface area contributed by atoms with E-state index in [-0.39, 0.29) is 5.92 Å². The molecule has 3 rings (SSSR count). The molecule has 7 nitrogen and oxygen atoms in total. The molecule has 0 aromatic carbocycles. The molecule has 0 aliphatic rings. The van der Waals surface area contributed by atoms with E-state index in [2.05, 4.69) is 44.1 Å². The molecule has 0 radical (unpaired) electrons. The molecule has 0 unspecified atom stereocenters. The molecule has 0 aliphatic heterocycles. The number of fused-ring (bicyclic) bond motifs is 1. The van der Waals surface area contributed by atoms with Crippen molar-refractivity contribution >= 4 is 5.78 Å². The van der Waals surface area contributed by atoms with Crippen LogP contribution < -0.4 is 0 Å². The van der Waals surface area contributed by atoms with Crippen LogP contribution in [-0.2, 0) is 6.42 Å². The van der Waals surface area contributed by atoms with Crippen LogP contribution >= 0.6 is 0 Å². The second kappa shape index (κ2) is 5.16. The first-order chi connectivity index (χ1) is 10.1. The maximum atomic E-state index is 4.56. The molecule has 0 N–H and O–H groups in total. The monoisotopic (exact) mass is 283 g/mol. The summed E-state index contributed by atoms with van der Waals surface area (Å²) in [5.74, 6) is 2.34. The smallest absolute Gasteiger partial charge is 0.241 e. The largest absolute Gasteiger partial charge is 0.272 e. The minimum atomic E-state index is 0.264. The molecule has 0 aliphatic carbocycles. The highest BCUT2D eigenvalue weighted by Crippen LogP contribution is 2.19. The Morgan fingerprint density at radius 3 is 2.71 bits per heavy atom. The highest BCUT2D eigenvalue weighted by atomic mass is 15.4. The summed E-state index contributed by atoms with van der Waals surface area (Å²) in [6.07, 6.45) is 2.52. The van der Waals surface area contributed by atoms with Gasteiger partial charge in [0.05, 0.1) is 11.4 Å². The van der Waals surface area contributed by atoms with Crippen LogP contribution in [0.2, 0.25) is 0 Å². The van der Waals surface area contributed by atoms with Crippen molar-refractivity contribution in [1.82, 2.24) is 34.8 Å². The highest BCUT2D eigenvalue weighted by Gasteiger charge is 2.14. The summed E-state index contributed by atoms with van der Waals surface area (Å²) in [5, 5.41) is 12.8. The average Bonchev–Trinajstić information content (AvgIpc) is 2.92. The van der Waals surface area contributed by atoms with Crippen LogP contribution in [0.5, 0.6) is 0 Å². The van der Waals surface area contributed by atoms with Crippen LogP contribution in [0, 0.1) is 6.92 Å². The van der Waals surface area contributed by atoms with Gasteiger partial charge >= 0.3 is 0 Å². The van der Waals surface area contributed by atoms with Gasteiger partial charge in [-0.2, -0.15) is 9.50 Å². The summed E-state index contributed by atoms with van der Waals surface area (Å²) in [6.45, 7) is 8.08. The molecule has 108 valence electrons. The van der Waals surface area contributed by atoms with E-state index in [4.69, 9.17) is 0 Å². The van der Waals surface area contributed by atoms with E-state index in [9.17, 15) is 0 Å². The maximum Gasteiger partial charge on any atom is 0.272 e. The molecule has 0 amide bonds. The summed E-state index contributed by atoms with van der Waals surface area (Å²) in [6, 6.07) is 1.84. The van der Waals surface area contributed by atoms with E-state index in [0.29, 0.717) is 11.5 Å². The quantitative estimate of drug-likeness (QED) is 0.731. The number of aromatic nitrogens is 7. The molecule has 3 aromatic rings. The van der Waals surface area contributed by atoms with Gasteiger partial charge in [-0.3, -0.25) is 0 Å². The number of hydrogen-bond acceptors (Lipinski definition) is 6. The molecule has 0 atom stereocenters. The predicted molar refractivity (Wildman–Crippen MR) is 77.8 cm³/mol. The van der Waals surface area contributed by atoms with Gasteiger partial charge in [-0.1, -0.05) is 20.8 Å². The lowest BCUT2D eigenvalue weighted by Crippen LogP contribution is -2.05. The molecule has 0 spiro atoms. The minimum absolute atomic E-state index is 0.264. The van der Waals surface area contributed by atoms with Gasteiger partial charge in [0, 0.05) is 18.5 Å².